The van der Waals surface area contributed by atoms with Crippen molar-refractivity contribution in [2.75, 3.05) is 0 Å². The maximum Gasteiger partial charge on any atom is 0.255 e. The van der Waals surface area contributed by atoms with Crippen LogP contribution in [0.25, 0.3) is 0 Å². The van der Waals surface area contributed by atoms with Crippen LogP contribution < -0.4 is 5.32 Å². The summed E-state index contributed by atoms with van der Waals surface area (Å²) in [6, 6.07) is 4.90. The van der Waals surface area contributed by atoms with Gasteiger partial charge < -0.3 is 10.4 Å². The number of amides is 1. The first kappa shape index (κ1) is 12.3. The number of halogens is 1. The van der Waals surface area contributed by atoms with Crippen molar-refractivity contribution in [2.45, 2.75) is 6.54 Å². The van der Waals surface area contributed by atoms with E-state index < -0.39 is 0 Å². The Bertz CT molecular complexity index is 528. The SMILES string of the molecule is O=C(NCc1nccs1)c1cc(I)ccc1O. The first-order valence-electron chi connectivity index (χ1n) is 4.82. The lowest BCUT2D eigenvalue weighted by molar-refractivity contribution is 0.0948. The zero-order chi connectivity index (χ0) is 12.3. The van der Waals surface area contributed by atoms with Crippen molar-refractivity contribution in [3.05, 3.63) is 43.9 Å². The molecule has 88 valence electrons. The highest BCUT2D eigenvalue weighted by Gasteiger charge is 2.11. The largest absolute Gasteiger partial charge is 0.507 e. The number of hydrogen-bond donors (Lipinski definition) is 2. The fourth-order valence-corrected chi connectivity index (χ4v) is 2.33. The molecule has 0 saturated heterocycles. The van der Waals surface area contributed by atoms with E-state index in [4.69, 9.17) is 0 Å². The molecule has 2 rings (SSSR count). The molecule has 0 fully saturated rings. The van der Waals surface area contributed by atoms with E-state index in [0.29, 0.717) is 6.54 Å². The Morgan fingerprint density at radius 2 is 2.35 bits per heavy atom. The van der Waals surface area contributed by atoms with Gasteiger partial charge in [0, 0.05) is 15.1 Å². The number of hydrogen-bond acceptors (Lipinski definition) is 4. The van der Waals surface area contributed by atoms with Crippen LogP contribution in [0, 0.1) is 3.57 Å². The average Bonchev–Trinajstić information content (AvgIpc) is 2.82. The van der Waals surface area contributed by atoms with E-state index in [1.165, 1.54) is 17.4 Å². The summed E-state index contributed by atoms with van der Waals surface area (Å²) in [5.41, 5.74) is 0.286. The van der Waals surface area contributed by atoms with Gasteiger partial charge >= 0.3 is 0 Å². The predicted octanol–water partition coefficient (Wildman–Crippen LogP) is 2.38. The molecule has 1 heterocycles. The molecule has 6 heteroatoms. The van der Waals surface area contributed by atoms with Crippen LogP contribution in [0.1, 0.15) is 15.4 Å². The molecule has 1 aromatic carbocycles. The molecule has 0 aliphatic heterocycles. The van der Waals surface area contributed by atoms with Gasteiger partial charge in [-0.15, -0.1) is 11.3 Å². The number of aromatic nitrogens is 1. The molecule has 4 nitrogen and oxygen atoms in total. The highest BCUT2D eigenvalue weighted by Crippen LogP contribution is 2.19. The molecule has 0 bridgehead atoms. The Morgan fingerprint density at radius 1 is 1.53 bits per heavy atom. The van der Waals surface area contributed by atoms with E-state index in [1.807, 2.05) is 5.38 Å². The van der Waals surface area contributed by atoms with Crippen LogP contribution >= 0.6 is 33.9 Å². The van der Waals surface area contributed by atoms with Gasteiger partial charge in [0.25, 0.3) is 5.91 Å². The first-order chi connectivity index (χ1) is 8.16. The third kappa shape index (κ3) is 3.16. The van der Waals surface area contributed by atoms with Crippen LogP contribution in [0.5, 0.6) is 5.75 Å². The zero-order valence-corrected chi connectivity index (χ0v) is 11.7. The zero-order valence-electron chi connectivity index (χ0n) is 8.68. The van der Waals surface area contributed by atoms with Crippen LogP contribution in [0.4, 0.5) is 0 Å². The Morgan fingerprint density at radius 3 is 3.06 bits per heavy atom. The summed E-state index contributed by atoms with van der Waals surface area (Å²) < 4.78 is 0.903. The topological polar surface area (TPSA) is 62.2 Å². The van der Waals surface area contributed by atoms with Crippen molar-refractivity contribution in [2.24, 2.45) is 0 Å². The van der Waals surface area contributed by atoms with E-state index in [1.54, 1.807) is 18.3 Å². The summed E-state index contributed by atoms with van der Waals surface area (Å²) in [7, 11) is 0. The van der Waals surface area contributed by atoms with Gasteiger partial charge in [0.1, 0.15) is 10.8 Å². The lowest BCUT2D eigenvalue weighted by Crippen LogP contribution is -2.22. The lowest BCUT2D eigenvalue weighted by Gasteiger charge is -2.05. The summed E-state index contributed by atoms with van der Waals surface area (Å²) in [5, 5.41) is 15.0. The van der Waals surface area contributed by atoms with E-state index in [-0.39, 0.29) is 17.2 Å². The third-order valence-electron chi connectivity index (χ3n) is 2.09. The molecular weight excluding hydrogens is 351 g/mol. The number of carbonyl (C=O) groups excluding carboxylic acids is 1. The van der Waals surface area contributed by atoms with Gasteiger partial charge in [-0.25, -0.2) is 4.98 Å². The lowest BCUT2D eigenvalue weighted by atomic mass is 10.2. The van der Waals surface area contributed by atoms with E-state index in [2.05, 4.69) is 32.9 Å². The minimum Gasteiger partial charge on any atom is -0.507 e. The number of carbonyl (C=O) groups is 1. The molecule has 2 aromatic rings. The Kier molecular flexibility index (Phi) is 3.95. The summed E-state index contributed by atoms with van der Waals surface area (Å²) >= 11 is 3.57. The number of benzene rings is 1. The van der Waals surface area contributed by atoms with Crippen LogP contribution in [0.2, 0.25) is 0 Å². The van der Waals surface area contributed by atoms with E-state index in [9.17, 15) is 9.90 Å². The van der Waals surface area contributed by atoms with Gasteiger partial charge in [-0.2, -0.15) is 0 Å². The van der Waals surface area contributed by atoms with Crippen LogP contribution in [0.3, 0.4) is 0 Å². The quantitative estimate of drug-likeness (QED) is 0.827. The highest BCUT2D eigenvalue weighted by atomic mass is 127. The van der Waals surface area contributed by atoms with Crippen molar-refractivity contribution >= 4 is 39.8 Å². The molecule has 1 aromatic heterocycles. The molecule has 17 heavy (non-hydrogen) atoms. The van der Waals surface area contributed by atoms with Gasteiger partial charge in [0.15, 0.2) is 0 Å². The molecule has 0 spiro atoms. The molecule has 1 amide bonds. The fraction of sp³-hybridized carbons (Fsp3) is 0.0909. The van der Waals surface area contributed by atoms with E-state index >= 15 is 0 Å². The third-order valence-corrected chi connectivity index (χ3v) is 3.54. The van der Waals surface area contributed by atoms with Gasteiger partial charge in [-0.3, -0.25) is 4.79 Å². The normalized spacial score (nSPS) is 10.2. The number of aromatic hydroxyl groups is 1. The van der Waals surface area contributed by atoms with Crippen molar-refractivity contribution in [1.29, 1.82) is 0 Å². The van der Waals surface area contributed by atoms with Crippen LogP contribution in [-0.4, -0.2) is 16.0 Å². The Labute approximate surface area is 116 Å². The molecule has 0 saturated carbocycles. The minimum absolute atomic E-state index is 0.0120. The number of phenols is 1. The monoisotopic (exact) mass is 360 g/mol. The maximum absolute atomic E-state index is 11.8. The van der Waals surface area contributed by atoms with E-state index in [0.717, 1.165) is 8.58 Å². The molecule has 0 unspecified atom stereocenters. The Balaban J connectivity index is 2.07. The van der Waals surface area contributed by atoms with Crippen molar-refractivity contribution in [1.82, 2.24) is 10.3 Å². The number of nitrogens with one attached hydrogen (secondary N) is 1. The molecule has 2 N–H and O–H groups in total. The second-order valence-electron chi connectivity index (χ2n) is 3.27. The van der Waals surface area contributed by atoms with Gasteiger partial charge in [-0.05, 0) is 40.8 Å². The number of nitrogens with zero attached hydrogens (tertiary/aromatic N) is 1. The van der Waals surface area contributed by atoms with Gasteiger partial charge in [0.05, 0.1) is 12.1 Å². The summed E-state index contributed by atoms with van der Waals surface area (Å²) in [6.07, 6.45) is 1.69. The maximum atomic E-state index is 11.8. The van der Waals surface area contributed by atoms with Crippen LogP contribution in [-0.2, 0) is 6.54 Å². The second kappa shape index (κ2) is 5.46. The smallest absolute Gasteiger partial charge is 0.255 e. The average molecular weight is 360 g/mol. The first-order valence-corrected chi connectivity index (χ1v) is 6.78. The summed E-state index contributed by atoms with van der Waals surface area (Å²) in [5.74, 6) is -0.307. The minimum atomic E-state index is -0.295. The van der Waals surface area contributed by atoms with Crippen molar-refractivity contribution in [3.63, 3.8) is 0 Å². The number of thiazole rings is 1. The molecule has 0 atom stereocenters. The highest BCUT2D eigenvalue weighted by molar-refractivity contribution is 14.1. The van der Waals surface area contributed by atoms with Crippen molar-refractivity contribution < 1.29 is 9.90 Å². The number of rotatable bonds is 3. The predicted molar refractivity (Wildman–Crippen MR) is 74.1 cm³/mol. The standard InChI is InChI=1S/C11H9IN2O2S/c12-7-1-2-9(15)8(5-7)11(16)14-6-10-13-3-4-17-10/h1-5,15H,6H2,(H,14,16). The van der Waals surface area contributed by atoms with Crippen molar-refractivity contribution in [3.8, 4) is 5.75 Å². The Hall–Kier alpha value is -1.15. The fourth-order valence-electron chi connectivity index (χ4n) is 1.28. The second-order valence-corrected chi connectivity index (χ2v) is 5.49. The molecule has 0 aliphatic carbocycles. The summed E-state index contributed by atoms with van der Waals surface area (Å²) in [6.45, 7) is 0.376. The molecule has 0 aliphatic rings. The van der Waals surface area contributed by atoms with Crippen LogP contribution in [0.15, 0.2) is 29.8 Å². The van der Waals surface area contributed by atoms with Gasteiger partial charge in [-0.1, -0.05) is 0 Å². The number of phenolic OH excluding ortho intramolecular Hbond substituents is 1. The van der Waals surface area contributed by atoms with Gasteiger partial charge in [0.2, 0.25) is 0 Å². The summed E-state index contributed by atoms with van der Waals surface area (Å²) in [4.78, 5) is 15.9. The molecule has 0 radical (unpaired) electrons. The molecular formula is C11H9IN2O2S.